The van der Waals surface area contributed by atoms with Crippen LogP contribution in [0.15, 0.2) is 84.9 Å². The molecule has 0 radical (unpaired) electrons. The van der Waals surface area contributed by atoms with E-state index in [0.29, 0.717) is 0 Å². The summed E-state index contributed by atoms with van der Waals surface area (Å²) in [6, 6.07) is 30.5. The molecule has 0 bridgehead atoms. The highest BCUT2D eigenvalue weighted by molar-refractivity contribution is 8.05. The van der Waals surface area contributed by atoms with Gasteiger partial charge in [-0.1, -0.05) is 54.6 Å². The smallest absolute Gasteiger partial charge is 0.122 e. The van der Waals surface area contributed by atoms with E-state index in [1.54, 1.807) is 0 Å². The first-order valence-electron chi connectivity index (χ1n) is 7.45. The van der Waals surface area contributed by atoms with Crippen molar-refractivity contribution in [2.45, 2.75) is 6.92 Å². The molecule has 0 saturated carbocycles. The van der Waals surface area contributed by atoms with Crippen molar-refractivity contribution in [2.24, 2.45) is 0 Å². The van der Waals surface area contributed by atoms with Gasteiger partial charge in [0.05, 0.1) is 0 Å². The van der Waals surface area contributed by atoms with E-state index in [-0.39, 0.29) is 12.4 Å². The van der Waals surface area contributed by atoms with E-state index in [4.69, 9.17) is 12.6 Å². The SMILES string of the molecule is Cc1ccccc1[P+](CS)(c1ccccc1)c1ccccc1.Cl. The van der Waals surface area contributed by atoms with Crippen LogP contribution in [0.2, 0.25) is 0 Å². The highest BCUT2D eigenvalue weighted by Crippen LogP contribution is 2.56. The van der Waals surface area contributed by atoms with Crippen molar-refractivity contribution >= 4 is 48.2 Å². The van der Waals surface area contributed by atoms with Gasteiger partial charge in [-0.2, -0.15) is 0 Å². The Morgan fingerprint density at radius 3 is 1.57 bits per heavy atom. The Labute approximate surface area is 151 Å². The molecule has 0 atom stereocenters. The van der Waals surface area contributed by atoms with Crippen LogP contribution in [0, 0.1) is 6.92 Å². The Hall–Kier alpha value is -1.27. The molecule has 0 nitrogen and oxygen atoms in total. The summed E-state index contributed by atoms with van der Waals surface area (Å²) in [5, 5.41) is 4.22. The zero-order chi connectivity index (χ0) is 15.4. The normalized spacial score (nSPS) is 10.9. The predicted octanol–water partition coefficient (Wildman–Crippen LogP) is 4.60. The Kier molecular flexibility index (Phi) is 6.30. The van der Waals surface area contributed by atoms with Gasteiger partial charge in [0.1, 0.15) is 28.7 Å². The first-order chi connectivity index (χ1) is 10.8. The molecule has 0 aliphatic carbocycles. The summed E-state index contributed by atoms with van der Waals surface area (Å²) in [6.07, 6.45) is 0. The number of aryl methyl sites for hydroxylation is 1. The van der Waals surface area contributed by atoms with Crippen LogP contribution in [-0.2, 0) is 0 Å². The number of rotatable bonds is 4. The number of hydrogen-bond acceptors (Lipinski definition) is 1. The van der Waals surface area contributed by atoms with Crippen molar-refractivity contribution in [3.05, 3.63) is 90.5 Å². The summed E-state index contributed by atoms with van der Waals surface area (Å²) < 4.78 is 0. The largest absolute Gasteiger partial charge is 0.147 e. The fourth-order valence-electron chi connectivity index (χ4n) is 3.02. The fraction of sp³-hybridized carbons (Fsp3) is 0.100. The Bertz CT molecular complexity index is 704. The summed E-state index contributed by atoms with van der Waals surface area (Å²) in [6.45, 7) is 2.21. The molecule has 0 saturated heterocycles. The number of hydrogen-bond donors (Lipinski definition) is 1. The average Bonchev–Trinajstić information content (AvgIpc) is 2.59. The third-order valence-electron chi connectivity index (χ3n) is 4.13. The van der Waals surface area contributed by atoms with Crippen molar-refractivity contribution in [1.82, 2.24) is 0 Å². The van der Waals surface area contributed by atoms with Crippen LogP contribution in [0.5, 0.6) is 0 Å². The highest BCUT2D eigenvalue weighted by Gasteiger charge is 2.44. The molecule has 0 aliphatic heterocycles. The highest BCUT2D eigenvalue weighted by atomic mass is 35.5. The predicted molar refractivity (Wildman–Crippen MR) is 111 cm³/mol. The zero-order valence-corrected chi connectivity index (χ0v) is 15.7. The van der Waals surface area contributed by atoms with Gasteiger partial charge in [-0.15, -0.1) is 25.0 Å². The lowest BCUT2D eigenvalue weighted by molar-refractivity contribution is 1.51. The summed E-state index contributed by atoms with van der Waals surface area (Å²) in [5.74, 6) is 0. The van der Waals surface area contributed by atoms with Gasteiger partial charge in [0.15, 0.2) is 0 Å². The molecule has 0 spiro atoms. The molecule has 0 aliphatic rings. The van der Waals surface area contributed by atoms with Crippen molar-refractivity contribution in [2.75, 3.05) is 5.49 Å². The maximum atomic E-state index is 4.83. The molecule has 3 heteroatoms. The van der Waals surface area contributed by atoms with Gasteiger partial charge in [0, 0.05) is 0 Å². The Balaban J connectivity index is 0.00000192. The monoisotopic (exact) mass is 359 g/mol. The summed E-state index contributed by atoms with van der Waals surface area (Å²) in [7, 11) is -1.71. The van der Waals surface area contributed by atoms with Crippen molar-refractivity contribution in [3.63, 3.8) is 0 Å². The molecule has 0 heterocycles. The van der Waals surface area contributed by atoms with Gasteiger partial charge >= 0.3 is 0 Å². The van der Waals surface area contributed by atoms with Crippen molar-refractivity contribution < 1.29 is 0 Å². The minimum absolute atomic E-state index is 0. The molecule has 3 rings (SSSR count). The van der Waals surface area contributed by atoms with Crippen LogP contribution in [0.4, 0.5) is 0 Å². The van der Waals surface area contributed by atoms with E-state index in [0.717, 1.165) is 5.49 Å². The number of halogens is 1. The lowest BCUT2D eigenvalue weighted by Crippen LogP contribution is -2.33. The molecule has 118 valence electrons. The Morgan fingerprint density at radius 2 is 1.13 bits per heavy atom. The van der Waals surface area contributed by atoms with E-state index in [9.17, 15) is 0 Å². The summed E-state index contributed by atoms with van der Waals surface area (Å²) in [5.41, 5.74) is 2.18. The molecule has 0 amide bonds. The summed E-state index contributed by atoms with van der Waals surface area (Å²) >= 11 is 4.83. The maximum Gasteiger partial charge on any atom is 0.122 e. The third kappa shape index (κ3) is 3.33. The molecule has 23 heavy (non-hydrogen) atoms. The van der Waals surface area contributed by atoms with Gasteiger partial charge in [-0.05, 0) is 42.8 Å². The van der Waals surface area contributed by atoms with Crippen LogP contribution in [0.1, 0.15) is 5.56 Å². The maximum absolute atomic E-state index is 4.83. The molecule has 0 fully saturated rings. The lowest BCUT2D eigenvalue weighted by atomic mass is 10.2. The second-order valence-corrected chi connectivity index (χ2v) is 9.67. The standard InChI is InChI=1S/C20H19PS.ClH/c1-17-10-8-9-15-20(17)21(16-22,18-11-4-2-5-12-18)19-13-6-3-7-14-19;/h2-15H,16H2,1H3;1H/p+1. The number of thiol groups is 1. The van der Waals surface area contributed by atoms with Crippen LogP contribution >= 0.6 is 32.3 Å². The topological polar surface area (TPSA) is 0 Å². The first kappa shape index (κ1) is 18.1. The quantitative estimate of drug-likeness (QED) is 0.511. The van der Waals surface area contributed by atoms with Crippen LogP contribution < -0.4 is 15.9 Å². The minimum atomic E-state index is -1.71. The average molecular weight is 360 g/mol. The lowest BCUT2D eigenvalue weighted by Gasteiger charge is -2.27. The minimum Gasteiger partial charge on any atom is -0.147 e. The van der Waals surface area contributed by atoms with Gasteiger partial charge in [-0.25, -0.2) is 0 Å². The van der Waals surface area contributed by atoms with Gasteiger partial charge in [-0.3, -0.25) is 0 Å². The van der Waals surface area contributed by atoms with Gasteiger partial charge < -0.3 is 0 Å². The van der Waals surface area contributed by atoms with E-state index < -0.39 is 7.26 Å². The molecule has 0 unspecified atom stereocenters. The molecule has 0 aromatic heterocycles. The molecule has 0 N–H and O–H groups in total. The van der Waals surface area contributed by atoms with Gasteiger partial charge in [0.25, 0.3) is 0 Å². The first-order valence-corrected chi connectivity index (χ1v) is 10.1. The summed E-state index contributed by atoms with van der Waals surface area (Å²) in [4.78, 5) is 0. The zero-order valence-electron chi connectivity index (χ0n) is 13.1. The molecule has 3 aromatic carbocycles. The molecular formula is C20H21ClPS+. The van der Waals surface area contributed by atoms with Crippen LogP contribution in [0.25, 0.3) is 0 Å². The van der Waals surface area contributed by atoms with Gasteiger partial charge in [0.2, 0.25) is 0 Å². The number of benzene rings is 3. The molecular weight excluding hydrogens is 339 g/mol. The second-order valence-electron chi connectivity index (χ2n) is 5.41. The fourth-order valence-corrected chi connectivity index (χ4v) is 8.17. The van der Waals surface area contributed by atoms with E-state index in [1.165, 1.54) is 21.5 Å². The van der Waals surface area contributed by atoms with Crippen molar-refractivity contribution in [1.29, 1.82) is 0 Å². The van der Waals surface area contributed by atoms with Crippen LogP contribution in [0.3, 0.4) is 0 Å². The molecule has 3 aromatic rings. The van der Waals surface area contributed by atoms with E-state index in [2.05, 4.69) is 91.9 Å². The van der Waals surface area contributed by atoms with E-state index in [1.807, 2.05) is 0 Å². The van der Waals surface area contributed by atoms with E-state index >= 15 is 0 Å². The van der Waals surface area contributed by atoms with Crippen molar-refractivity contribution in [3.8, 4) is 0 Å². The van der Waals surface area contributed by atoms with Crippen LogP contribution in [-0.4, -0.2) is 5.49 Å². The second kappa shape index (κ2) is 8.02. The Morgan fingerprint density at radius 1 is 0.696 bits per heavy atom. The third-order valence-corrected chi connectivity index (χ3v) is 9.51.